The normalized spacial score (nSPS) is 12.2. The molecule has 0 saturated heterocycles. The molecule has 0 spiro atoms. The van der Waals surface area contributed by atoms with Crippen LogP contribution in [0.25, 0.3) is 0 Å². The monoisotopic (exact) mass is 333 g/mol. The molecule has 0 aliphatic rings. The first-order valence-corrected chi connectivity index (χ1v) is 7.59. The minimum atomic E-state index is 0.173. The van der Waals surface area contributed by atoms with Crippen molar-refractivity contribution in [1.29, 1.82) is 0 Å². The van der Waals surface area contributed by atoms with Crippen LogP contribution in [-0.4, -0.2) is 14.2 Å². The van der Waals surface area contributed by atoms with Gasteiger partial charge < -0.3 is 10.1 Å². The average Bonchev–Trinajstić information content (AvgIpc) is 2.50. The summed E-state index contributed by atoms with van der Waals surface area (Å²) in [5, 5.41) is 3.42. The first-order valence-electron chi connectivity index (χ1n) is 6.79. The summed E-state index contributed by atoms with van der Waals surface area (Å²) in [7, 11) is 3.68. The van der Waals surface area contributed by atoms with Crippen LogP contribution in [0.2, 0.25) is 0 Å². The van der Waals surface area contributed by atoms with E-state index in [0.29, 0.717) is 0 Å². The highest BCUT2D eigenvalue weighted by atomic mass is 79.9. The summed E-state index contributed by atoms with van der Waals surface area (Å²) in [6.45, 7) is 2.19. The Kier molecular flexibility index (Phi) is 5.21. The zero-order valence-electron chi connectivity index (χ0n) is 12.1. The first-order chi connectivity index (χ1) is 9.71. The molecule has 0 bridgehead atoms. The second-order valence-electron chi connectivity index (χ2n) is 4.66. The van der Waals surface area contributed by atoms with Crippen molar-refractivity contribution in [1.82, 2.24) is 5.32 Å². The lowest BCUT2D eigenvalue weighted by Crippen LogP contribution is -2.19. The Balaban J connectivity index is 2.47. The van der Waals surface area contributed by atoms with Crippen molar-refractivity contribution in [2.24, 2.45) is 0 Å². The van der Waals surface area contributed by atoms with Crippen molar-refractivity contribution in [2.45, 2.75) is 19.4 Å². The maximum atomic E-state index is 5.26. The molecule has 2 aromatic carbocycles. The quantitative estimate of drug-likeness (QED) is 0.879. The second-order valence-corrected chi connectivity index (χ2v) is 5.52. The molecule has 0 aliphatic heterocycles. The number of benzene rings is 2. The molecule has 1 atom stereocenters. The lowest BCUT2D eigenvalue weighted by molar-refractivity contribution is 0.414. The molecule has 20 heavy (non-hydrogen) atoms. The minimum absolute atomic E-state index is 0.173. The molecular weight excluding hydrogens is 314 g/mol. The fourth-order valence-corrected chi connectivity index (χ4v) is 3.07. The van der Waals surface area contributed by atoms with Crippen molar-refractivity contribution in [3.63, 3.8) is 0 Å². The molecule has 0 aromatic heterocycles. The van der Waals surface area contributed by atoms with Crippen LogP contribution >= 0.6 is 15.9 Å². The predicted octanol–water partition coefficient (Wildman–Crippen LogP) is 4.33. The van der Waals surface area contributed by atoms with E-state index >= 15 is 0 Å². The maximum Gasteiger partial charge on any atom is 0.120 e. The van der Waals surface area contributed by atoms with E-state index < -0.39 is 0 Å². The van der Waals surface area contributed by atoms with Gasteiger partial charge in [-0.3, -0.25) is 0 Å². The molecule has 106 valence electrons. The Morgan fingerprint density at radius 3 is 2.50 bits per heavy atom. The van der Waals surface area contributed by atoms with Crippen LogP contribution in [0.4, 0.5) is 0 Å². The molecule has 0 heterocycles. The van der Waals surface area contributed by atoms with Gasteiger partial charge in [-0.05, 0) is 42.3 Å². The van der Waals surface area contributed by atoms with Gasteiger partial charge in [0.2, 0.25) is 0 Å². The standard InChI is InChI=1S/C17H20BrNO/c1-4-12-7-5-6-8-14(12)17(19-2)15-10-9-13(20-3)11-16(15)18/h5-11,17,19H,4H2,1-3H3. The fraction of sp³-hybridized carbons (Fsp3) is 0.294. The van der Waals surface area contributed by atoms with Gasteiger partial charge in [-0.2, -0.15) is 0 Å². The molecular formula is C17H20BrNO. The van der Waals surface area contributed by atoms with E-state index in [1.54, 1.807) is 7.11 Å². The Labute approximate surface area is 129 Å². The van der Waals surface area contributed by atoms with Gasteiger partial charge in [0.05, 0.1) is 13.2 Å². The molecule has 0 saturated carbocycles. The summed E-state index contributed by atoms with van der Waals surface area (Å²) in [5.41, 5.74) is 3.91. The third-order valence-electron chi connectivity index (χ3n) is 3.55. The zero-order chi connectivity index (χ0) is 14.5. The molecule has 1 unspecified atom stereocenters. The highest BCUT2D eigenvalue weighted by molar-refractivity contribution is 9.10. The van der Waals surface area contributed by atoms with Crippen molar-refractivity contribution >= 4 is 15.9 Å². The molecule has 0 radical (unpaired) electrons. The van der Waals surface area contributed by atoms with E-state index in [9.17, 15) is 0 Å². The molecule has 2 rings (SSSR count). The molecule has 0 aliphatic carbocycles. The lowest BCUT2D eigenvalue weighted by Gasteiger charge is -2.21. The van der Waals surface area contributed by atoms with Crippen LogP contribution in [0.15, 0.2) is 46.9 Å². The van der Waals surface area contributed by atoms with Crippen LogP contribution in [0, 0.1) is 0 Å². The number of hydrogen-bond donors (Lipinski definition) is 1. The Bertz CT molecular complexity index is 583. The largest absolute Gasteiger partial charge is 0.497 e. The van der Waals surface area contributed by atoms with E-state index in [0.717, 1.165) is 16.6 Å². The number of ether oxygens (including phenoxy) is 1. The fourth-order valence-electron chi connectivity index (χ4n) is 2.49. The molecule has 1 N–H and O–H groups in total. The number of rotatable bonds is 5. The van der Waals surface area contributed by atoms with Gasteiger partial charge in [-0.15, -0.1) is 0 Å². The van der Waals surface area contributed by atoms with Gasteiger partial charge >= 0.3 is 0 Å². The number of halogens is 1. The number of nitrogens with one attached hydrogen (secondary N) is 1. The molecule has 3 heteroatoms. The van der Waals surface area contributed by atoms with Crippen LogP contribution in [-0.2, 0) is 6.42 Å². The van der Waals surface area contributed by atoms with Gasteiger partial charge in [-0.25, -0.2) is 0 Å². The molecule has 0 fully saturated rings. The van der Waals surface area contributed by atoms with Crippen LogP contribution in [0.3, 0.4) is 0 Å². The SMILES string of the molecule is CCc1ccccc1C(NC)c1ccc(OC)cc1Br. The number of aryl methyl sites for hydroxylation is 1. The third kappa shape index (κ3) is 3.05. The summed E-state index contributed by atoms with van der Waals surface area (Å²) < 4.78 is 6.32. The van der Waals surface area contributed by atoms with Crippen LogP contribution in [0.5, 0.6) is 5.75 Å². The first kappa shape index (κ1) is 15.1. The smallest absolute Gasteiger partial charge is 0.120 e. The van der Waals surface area contributed by atoms with E-state index in [1.165, 1.54) is 16.7 Å². The number of methoxy groups -OCH3 is 1. The van der Waals surface area contributed by atoms with Gasteiger partial charge in [0.1, 0.15) is 5.75 Å². The lowest BCUT2D eigenvalue weighted by atomic mass is 9.93. The minimum Gasteiger partial charge on any atom is -0.497 e. The number of hydrogen-bond acceptors (Lipinski definition) is 2. The van der Waals surface area contributed by atoms with E-state index in [-0.39, 0.29) is 6.04 Å². The predicted molar refractivity (Wildman–Crippen MR) is 87.4 cm³/mol. The zero-order valence-corrected chi connectivity index (χ0v) is 13.7. The highest BCUT2D eigenvalue weighted by Crippen LogP contribution is 2.32. The van der Waals surface area contributed by atoms with Crippen molar-refractivity contribution in [3.05, 3.63) is 63.6 Å². The summed E-state index contributed by atoms with van der Waals surface area (Å²) in [4.78, 5) is 0. The van der Waals surface area contributed by atoms with E-state index in [4.69, 9.17) is 4.74 Å². The van der Waals surface area contributed by atoms with Crippen molar-refractivity contribution < 1.29 is 4.74 Å². The van der Waals surface area contributed by atoms with Crippen LogP contribution in [0.1, 0.15) is 29.7 Å². The van der Waals surface area contributed by atoms with Crippen molar-refractivity contribution in [3.8, 4) is 5.75 Å². The van der Waals surface area contributed by atoms with Gasteiger partial charge in [0, 0.05) is 4.47 Å². The molecule has 2 aromatic rings. The summed E-state index contributed by atoms with van der Waals surface area (Å²) >= 11 is 3.65. The van der Waals surface area contributed by atoms with Crippen molar-refractivity contribution in [2.75, 3.05) is 14.2 Å². The van der Waals surface area contributed by atoms with Gasteiger partial charge in [-0.1, -0.05) is 53.2 Å². The Morgan fingerprint density at radius 2 is 1.90 bits per heavy atom. The second kappa shape index (κ2) is 6.91. The summed E-state index contributed by atoms with van der Waals surface area (Å²) in [6, 6.07) is 14.9. The van der Waals surface area contributed by atoms with Gasteiger partial charge in [0.15, 0.2) is 0 Å². The Morgan fingerprint density at radius 1 is 1.15 bits per heavy atom. The topological polar surface area (TPSA) is 21.3 Å². The summed E-state index contributed by atoms with van der Waals surface area (Å²) in [5.74, 6) is 0.860. The van der Waals surface area contributed by atoms with Crippen LogP contribution < -0.4 is 10.1 Å². The third-order valence-corrected chi connectivity index (χ3v) is 4.24. The van der Waals surface area contributed by atoms with E-state index in [2.05, 4.69) is 58.5 Å². The Hall–Kier alpha value is -1.32. The summed E-state index contributed by atoms with van der Waals surface area (Å²) in [6.07, 6.45) is 1.03. The molecule has 2 nitrogen and oxygen atoms in total. The highest BCUT2D eigenvalue weighted by Gasteiger charge is 2.17. The van der Waals surface area contributed by atoms with Gasteiger partial charge in [0.25, 0.3) is 0 Å². The maximum absolute atomic E-state index is 5.26. The molecule has 0 amide bonds. The van der Waals surface area contributed by atoms with E-state index in [1.807, 2.05) is 19.2 Å². The average molecular weight is 334 g/mol.